The molecule has 0 atom stereocenters. The number of hydrogen-bond acceptors (Lipinski definition) is 5. The second-order valence-electron chi connectivity index (χ2n) is 6.71. The summed E-state index contributed by atoms with van der Waals surface area (Å²) < 4.78 is 31.0. The van der Waals surface area contributed by atoms with Gasteiger partial charge in [0.05, 0.1) is 19.1 Å². The van der Waals surface area contributed by atoms with Gasteiger partial charge >= 0.3 is 0 Å². The van der Waals surface area contributed by atoms with Gasteiger partial charge in [-0.3, -0.25) is 9.10 Å². The van der Waals surface area contributed by atoms with E-state index >= 15 is 0 Å². The molecule has 0 bridgehead atoms. The van der Waals surface area contributed by atoms with E-state index in [2.05, 4.69) is 5.32 Å². The number of hydrogen-bond donors (Lipinski definition) is 1. The van der Waals surface area contributed by atoms with Crippen molar-refractivity contribution in [2.24, 2.45) is 0 Å². The van der Waals surface area contributed by atoms with Crippen LogP contribution in [-0.2, 0) is 20.6 Å². The lowest BCUT2D eigenvalue weighted by Crippen LogP contribution is -2.32. The lowest BCUT2D eigenvalue weighted by Gasteiger charge is -2.24. The summed E-state index contributed by atoms with van der Waals surface area (Å²) in [6, 6.07) is 12.3. The lowest BCUT2D eigenvalue weighted by molar-refractivity contribution is -0.121. The molecule has 0 unspecified atom stereocenters. The Morgan fingerprint density at radius 3 is 2.45 bits per heavy atom. The van der Waals surface area contributed by atoms with Gasteiger partial charge in [-0.1, -0.05) is 41.4 Å². The number of sulfonamides is 1. The highest BCUT2D eigenvalue weighted by Gasteiger charge is 2.20. The Balaban J connectivity index is 1.76. The average molecular weight is 505 g/mol. The third-order valence-electron chi connectivity index (χ3n) is 4.40. The maximum absolute atomic E-state index is 12.2. The van der Waals surface area contributed by atoms with Crippen molar-refractivity contribution in [3.8, 4) is 5.75 Å². The van der Waals surface area contributed by atoms with Gasteiger partial charge < -0.3 is 10.1 Å². The molecule has 31 heavy (non-hydrogen) atoms. The van der Waals surface area contributed by atoms with E-state index < -0.39 is 10.0 Å². The van der Waals surface area contributed by atoms with Crippen LogP contribution in [0.25, 0.3) is 0 Å². The van der Waals surface area contributed by atoms with E-state index in [0.29, 0.717) is 46.0 Å². The van der Waals surface area contributed by atoms with Crippen molar-refractivity contribution in [2.45, 2.75) is 18.6 Å². The lowest BCUT2D eigenvalue weighted by atomic mass is 10.2. The quantitative estimate of drug-likeness (QED) is 0.427. The number of carbonyl (C=O) groups excluding carboxylic acids is 1. The number of halogens is 2. The highest BCUT2D eigenvalue weighted by molar-refractivity contribution is 7.98. The summed E-state index contributed by atoms with van der Waals surface area (Å²) in [5.41, 5.74) is 1.35. The van der Waals surface area contributed by atoms with E-state index in [0.717, 1.165) is 11.8 Å². The van der Waals surface area contributed by atoms with Crippen molar-refractivity contribution >= 4 is 56.6 Å². The first-order valence-electron chi connectivity index (χ1n) is 9.62. The zero-order valence-corrected chi connectivity index (χ0v) is 20.6. The second kappa shape index (κ2) is 12.4. The molecule has 170 valence electrons. The maximum Gasteiger partial charge on any atom is 0.232 e. The molecule has 0 aliphatic carbocycles. The summed E-state index contributed by atoms with van der Waals surface area (Å²) >= 11 is 13.9. The SMILES string of the molecule is COc1ccccc1N(CCCC(=O)NCCSCc1c(Cl)cccc1Cl)S(C)(=O)=O. The van der Waals surface area contributed by atoms with Crippen molar-refractivity contribution in [3.05, 3.63) is 58.1 Å². The van der Waals surface area contributed by atoms with Crippen LogP contribution in [0.1, 0.15) is 18.4 Å². The molecule has 2 rings (SSSR count). The highest BCUT2D eigenvalue weighted by Crippen LogP contribution is 2.30. The van der Waals surface area contributed by atoms with Crippen molar-refractivity contribution in [1.82, 2.24) is 5.32 Å². The van der Waals surface area contributed by atoms with Gasteiger partial charge in [0.25, 0.3) is 0 Å². The minimum Gasteiger partial charge on any atom is -0.495 e. The molecule has 0 aromatic heterocycles. The van der Waals surface area contributed by atoms with Crippen LogP contribution in [0.3, 0.4) is 0 Å². The molecule has 0 fully saturated rings. The van der Waals surface area contributed by atoms with E-state index in [9.17, 15) is 13.2 Å². The Labute approximate surface area is 198 Å². The number of nitrogens with zero attached hydrogens (tertiary/aromatic N) is 1. The fourth-order valence-corrected chi connectivity index (χ4v) is 5.44. The highest BCUT2D eigenvalue weighted by atomic mass is 35.5. The number of carbonyl (C=O) groups is 1. The van der Waals surface area contributed by atoms with Gasteiger partial charge in [0.15, 0.2) is 0 Å². The Kier molecular flexibility index (Phi) is 10.3. The summed E-state index contributed by atoms with van der Waals surface area (Å²) in [6.45, 7) is 0.695. The van der Waals surface area contributed by atoms with Crippen LogP contribution in [0.15, 0.2) is 42.5 Å². The van der Waals surface area contributed by atoms with E-state index in [1.54, 1.807) is 54.2 Å². The summed E-state index contributed by atoms with van der Waals surface area (Å²) in [7, 11) is -2.02. The summed E-state index contributed by atoms with van der Waals surface area (Å²) in [6.07, 6.45) is 1.75. The van der Waals surface area contributed by atoms with E-state index in [4.69, 9.17) is 27.9 Å². The number of nitrogens with one attached hydrogen (secondary N) is 1. The Hall–Kier alpha value is -1.61. The number of benzene rings is 2. The number of thioether (sulfide) groups is 1. The monoisotopic (exact) mass is 504 g/mol. The minimum absolute atomic E-state index is 0.121. The molecule has 0 heterocycles. The van der Waals surface area contributed by atoms with Crippen molar-refractivity contribution in [3.63, 3.8) is 0 Å². The molecule has 0 spiro atoms. The summed E-state index contributed by atoms with van der Waals surface area (Å²) in [4.78, 5) is 12.1. The zero-order valence-electron chi connectivity index (χ0n) is 17.4. The molecule has 0 saturated carbocycles. The fourth-order valence-electron chi connectivity index (χ4n) is 2.88. The first-order valence-corrected chi connectivity index (χ1v) is 13.4. The largest absolute Gasteiger partial charge is 0.495 e. The van der Waals surface area contributed by atoms with Crippen molar-refractivity contribution in [2.75, 3.05) is 36.5 Å². The molecule has 0 aliphatic heterocycles. The zero-order chi connectivity index (χ0) is 22.9. The molecular weight excluding hydrogens is 479 g/mol. The van der Waals surface area contributed by atoms with Gasteiger partial charge in [0.2, 0.25) is 15.9 Å². The molecule has 2 aromatic rings. The van der Waals surface area contributed by atoms with Crippen LogP contribution in [0, 0.1) is 0 Å². The first kappa shape index (κ1) is 25.6. The second-order valence-corrected chi connectivity index (χ2v) is 10.5. The standard InChI is InChI=1S/C21H26Cl2N2O4S2/c1-29-20-10-4-3-9-19(20)25(31(2,27)28)13-6-11-21(26)24-12-14-30-15-16-17(22)7-5-8-18(16)23/h3-5,7-10H,6,11-15H2,1-2H3,(H,24,26). The predicted molar refractivity (Wildman–Crippen MR) is 130 cm³/mol. The van der Waals surface area contributed by atoms with Gasteiger partial charge in [-0.15, -0.1) is 0 Å². The first-order chi connectivity index (χ1) is 14.7. The molecule has 0 saturated heterocycles. The Morgan fingerprint density at radius 2 is 1.81 bits per heavy atom. The molecule has 1 amide bonds. The van der Waals surface area contributed by atoms with Gasteiger partial charge in [0, 0.05) is 41.1 Å². The minimum atomic E-state index is -3.51. The van der Waals surface area contributed by atoms with Crippen LogP contribution in [-0.4, -0.2) is 46.5 Å². The number of anilines is 1. The van der Waals surface area contributed by atoms with E-state index in [-0.39, 0.29) is 18.9 Å². The number of methoxy groups -OCH3 is 1. The third-order valence-corrected chi connectivity index (χ3v) is 7.27. The van der Waals surface area contributed by atoms with E-state index in [1.165, 1.54) is 11.4 Å². The maximum atomic E-state index is 12.2. The molecule has 2 aromatic carbocycles. The molecule has 1 N–H and O–H groups in total. The predicted octanol–water partition coefficient (Wildman–Crippen LogP) is 4.60. The molecule has 10 heteroatoms. The molecule has 0 radical (unpaired) electrons. The fraction of sp³-hybridized carbons (Fsp3) is 0.381. The van der Waals surface area contributed by atoms with Crippen LogP contribution in [0.2, 0.25) is 10.0 Å². The number of amides is 1. The summed E-state index contributed by atoms with van der Waals surface area (Å²) in [5, 5.41) is 4.12. The van der Waals surface area contributed by atoms with Crippen molar-refractivity contribution < 1.29 is 17.9 Å². The van der Waals surface area contributed by atoms with Gasteiger partial charge in [-0.05, 0) is 36.2 Å². The summed E-state index contributed by atoms with van der Waals surface area (Å²) in [5.74, 6) is 1.72. The van der Waals surface area contributed by atoms with Gasteiger partial charge in [-0.2, -0.15) is 11.8 Å². The number of ether oxygens (including phenoxy) is 1. The average Bonchev–Trinajstić information content (AvgIpc) is 2.72. The topological polar surface area (TPSA) is 75.7 Å². The third kappa shape index (κ3) is 8.11. The molecular formula is C21H26Cl2N2O4S2. The van der Waals surface area contributed by atoms with Gasteiger partial charge in [0.1, 0.15) is 5.75 Å². The van der Waals surface area contributed by atoms with Crippen molar-refractivity contribution in [1.29, 1.82) is 0 Å². The Morgan fingerprint density at radius 1 is 1.13 bits per heavy atom. The van der Waals surface area contributed by atoms with Crippen LogP contribution in [0.5, 0.6) is 5.75 Å². The Bertz CT molecular complexity index is 967. The van der Waals surface area contributed by atoms with Crippen LogP contribution in [0.4, 0.5) is 5.69 Å². The van der Waals surface area contributed by atoms with Crippen LogP contribution >= 0.6 is 35.0 Å². The number of rotatable bonds is 12. The smallest absolute Gasteiger partial charge is 0.232 e. The molecule has 6 nitrogen and oxygen atoms in total. The van der Waals surface area contributed by atoms with Crippen LogP contribution < -0.4 is 14.4 Å². The van der Waals surface area contributed by atoms with Gasteiger partial charge in [-0.25, -0.2) is 8.42 Å². The van der Waals surface area contributed by atoms with E-state index in [1.807, 2.05) is 0 Å². The molecule has 0 aliphatic rings. The normalized spacial score (nSPS) is 11.2. The number of para-hydroxylation sites is 2.